The lowest BCUT2D eigenvalue weighted by Gasteiger charge is -2.39. The molecular weight excluding hydrogens is 288 g/mol. The average molecular weight is 309 g/mol. The van der Waals surface area contributed by atoms with Crippen molar-refractivity contribution in [1.29, 1.82) is 0 Å². The highest BCUT2D eigenvalue weighted by Gasteiger charge is 2.37. The number of likely N-dealkylation sites (tertiary alicyclic amines) is 1. The number of ether oxygens (including phenoxy) is 1. The monoisotopic (exact) mass is 308 g/mol. The first-order valence-corrected chi connectivity index (χ1v) is 7.95. The smallest absolute Gasteiger partial charge is 0.264 e. The molecule has 3 unspecified atom stereocenters. The molecule has 1 saturated heterocycles. The zero-order valence-electron chi connectivity index (χ0n) is 12.2. The number of halogens is 1. The van der Waals surface area contributed by atoms with E-state index in [0.29, 0.717) is 11.4 Å². The summed E-state index contributed by atoms with van der Waals surface area (Å²) in [7, 11) is 0. The SMILES string of the molecule is CC(N)C1CCCCN1C(=O)C1Cc2cc(Cl)ccc2O1. The van der Waals surface area contributed by atoms with E-state index in [1.54, 1.807) is 6.07 Å². The van der Waals surface area contributed by atoms with E-state index in [1.807, 2.05) is 24.0 Å². The van der Waals surface area contributed by atoms with E-state index in [1.165, 1.54) is 0 Å². The first kappa shape index (κ1) is 14.7. The summed E-state index contributed by atoms with van der Waals surface area (Å²) in [6.45, 7) is 2.75. The molecule has 2 aliphatic rings. The minimum Gasteiger partial charge on any atom is -0.480 e. The number of fused-ring (bicyclic) bond motifs is 1. The second-order valence-corrected chi connectivity index (χ2v) is 6.45. The summed E-state index contributed by atoms with van der Waals surface area (Å²) >= 11 is 6.00. The summed E-state index contributed by atoms with van der Waals surface area (Å²) in [6, 6.07) is 5.63. The molecule has 1 amide bonds. The third kappa shape index (κ3) is 2.87. The Labute approximate surface area is 130 Å². The predicted octanol–water partition coefficient (Wildman–Crippen LogP) is 2.37. The Bertz CT molecular complexity index is 547. The number of nitrogens with two attached hydrogens (primary N) is 1. The topological polar surface area (TPSA) is 55.6 Å². The number of piperidine rings is 1. The second-order valence-electron chi connectivity index (χ2n) is 6.02. The molecule has 1 fully saturated rings. The van der Waals surface area contributed by atoms with E-state index in [2.05, 4.69) is 0 Å². The Hall–Kier alpha value is -1.26. The molecule has 21 heavy (non-hydrogen) atoms. The summed E-state index contributed by atoms with van der Waals surface area (Å²) in [5, 5.41) is 0.678. The van der Waals surface area contributed by atoms with Crippen molar-refractivity contribution < 1.29 is 9.53 Å². The van der Waals surface area contributed by atoms with Gasteiger partial charge in [0.2, 0.25) is 0 Å². The number of hydrogen-bond donors (Lipinski definition) is 1. The summed E-state index contributed by atoms with van der Waals surface area (Å²) in [4.78, 5) is 14.7. The van der Waals surface area contributed by atoms with Gasteiger partial charge >= 0.3 is 0 Å². The van der Waals surface area contributed by atoms with E-state index in [0.717, 1.165) is 37.1 Å². The lowest BCUT2D eigenvalue weighted by Crippen LogP contribution is -2.55. The van der Waals surface area contributed by atoms with Crippen molar-refractivity contribution in [3.63, 3.8) is 0 Å². The summed E-state index contributed by atoms with van der Waals surface area (Å²) in [5.74, 6) is 0.830. The van der Waals surface area contributed by atoms with Crippen LogP contribution in [0.5, 0.6) is 5.75 Å². The summed E-state index contributed by atoms with van der Waals surface area (Å²) in [6.07, 6.45) is 3.32. The molecule has 4 nitrogen and oxygen atoms in total. The van der Waals surface area contributed by atoms with Gasteiger partial charge < -0.3 is 15.4 Å². The zero-order valence-corrected chi connectivity index (χ0v) is 13.0. The predicted molar refractivity (Wildman–Crippen MR) is 82.6 cm³/mol. The van der Waals surface area contributed by atoms with Gasteiger partial charge in [0.25, 0.3) is 5.91 Å². The fraction of sp³-hybridized carbons (Fsp3) is 0.562. The zero-order chi connectivity index (χ0) is 15.0. The maximum Gasteiger partial charge on any atom is 0.264 e. The number of benzene rings is 1. The first-order chi connectivity index (χ1) is 10.1. The molecule has 1 aromatic carbocycles. The van der Waals surface area contributed by atoms with Gasteiger partial charge in [-0.3, -0.25) is 4.79 Å². The Balaban J connectivity index is 1.74. The maximum atomic E-state index is 12.8. The van der Waals surface area contributed by atoms with Crippen LogP contribution in [0, 0.1) is 0 Å². The van der Waals surface area contributed by atoms with Crippen LogP contribution >= 0.6 is 11.6 Å². The molecule has 0 aliphatic carbocycles. The first-order valence-electron chi connectivity index (χ1n) is 7.57. The molecule has 114 valence electrons. The van der Waals surface area contributed by atoms with Gasteiger partial charge in [-0.1, -0.05) is 11.6 Å². The van der Waals surface area contributed by atoms with Crippen LogP contribution in [0.2, 0.25) is 5.02 Å². The van der Waals surface area contributed by atoms with Crippen LogP contribution in [0.25, 0.3) is 0 Å². The number of carbonyl (C=O) groups excluding carboxylic acids is 1. The van der Waals surface area contributed by atoms with Crippen LogP contribution in [-0.2, 0) is 11.2 Å². The highest BCUT2D eigenvalue weighted by molar-refractivity contribution is 6.30. The van der Waals surface area contributed by atoms with Crippen LogP contribution in [0.4, 0.5) is 0 Å². The highest BCUT2D eigenvalue weighted by atomic mass is 35.5. The van der Waals surface area contributed by atoms with Crippen LogP contribution in [0.15, 0.2) is 18.2 Å². The lowest BCUT2D eigenvalue weighted by atomic mass is 9.96. The molecule has 3 atom stereocenters. The molecule has 5 heteroatoms. The molecular formula is C16H21ClN2O2. The van der Waals surface area contributed by atoms with Gasteiger partial charge in [-0.15, -0.1) is 0 Å². The number of rotatable bonds is 2. The number of nitrogens with zero attached hydrogens (tertiary/aromatic N) is 1. The van der Waals surface area contributed by atoms with Crippen LogP contribution in [-0.4, -0.2) is 35.5 Å². The molecule has 2 heterocycles. The fourth-order valence-corrected chi connectivity index (χ4v) is 3.51. The van der Waals surface area contributed by atoms with Crippen molar-refractivity contribution in [1.82, 2.24) is 4.90 Å². The van der Waals surface area contributed by atoms with E-state index < -0.39 is 6.10 Å². The molecule has 2 N–H and O–H groups in total. The Kier molecular flexibility index (Phi) is 4.09. The van der Waals surface area contributed by atoms with Crippen molar-refractivity contribution in [3.8, 4) is 5.75 Å². The summed E-state index contributed by atoms with van der Waals surface area (Å²) < 4.78 is 5.81. The quantitative estimate of drug-likeness (QED) is 0.912. The van der Waals surface area contributed by atoms with Gasteiger partial charge in [-0.2, -0.15) is 0 Å². The Morgan fingerprint density at radius 3 is 3.05 bits per heavy atom. The highest BCUT2D eigenvalue weighted by Crippen LogP contribution is 2.32. The minimum atomic E-state index is -0.433. The van der Waals surface area contributed by atoms with E-state index >= 15 is 0 Å². The molecule has 3 rings (SSSR count). The van der Waals surface area contributed by atoms with Crippen molar-refractivity contribution in [2.45, 2.75) is 50.8 Å². The molecule has 0 saturated carbocycles. The molecule has 0 bridgehead atoms. The fourth-order valence-electron chi connectivity index (χ4n) is 3.32. The molecule has 0 aromatic heterocycles. The van der Waals surface area contributed by atoms with Gasteiger partial charge in [0.05, 0.1) is 0 Å². The van der Waals surface area contributed by atoms with Crippen molar-refractivity contribution in [2.75, 3.05) is 6.54 Å². The Morgan fingerprint density at radius 1 is 1.48 bits per heavy atom. The standard InChI is InChI=1S/C16H21ClN2O2/c1-10(18)13-4-2-3-7-19(13)16(20)15-9-11-8-12(17)5-6-14(11)21-15/h5-6,8,10,13,15H,2-4,7,9,18H2,1H3. The van der Waals surface area contributed by atoms with Gasteiger partial charge in [0.1, 0.15) is 5.75 Å². The number of carbonyl (C=O) groups is 1. The van der Waals surface area contributed by atoms with Gasteiger partial charge in [-0.25, -0.2) is 0 Å². The van der Waals surface area contributed by atoms with Crippen molar-refractivity contribution >= 4 is 17.5 Å². The number of hydrogen-bond acceptors (Lipinski definition) is 3. The maximum absolute atomic E-state index is 12.8. The van der Waals surface area contributed by atoms with E-state index in [-0.39, 0.29) is 18.0 Å². The molecule has 0 radical (unpaired) electrons. The van der Waals surface area contributed by atoms with E-state index in [9.17, 15) is 4.79 Å². The second kappa shape index (κ2) is 5.85. The van der Waals surface area contributed by atoms with Gasteiger partial charge in [0, 0.05) is 30.1 Å². The molecule has 0 spiro atoms. The lowest BCUT2D eigenvalue weighted by molar-refractivity contribution is -0.142. The van der Waals surface area contributed by atoms with Crippen LogP contribution < -0.4 is 10.5 Å². The van der Waals surface area contributed by atoms with Crippen molar-refractivity contribution in [3.05, 3.63) is 28.8 Å². The third-order valence-corrected chi connectivity index (χ3v) is 4.65. The minimum absolute atomic E-state index is 0.00697. The van der Waals surface area contributed by atoms with Crippen LogP contribution in [0.3, 0.4) is 0 Å². The normalized spacial score (nSPS) is 26.1. The Morgan fingerprint density at radius 2 is 2.29 bits per heavy atom. The van der Waals surface area contributed by atoms with Gasteiger partial charge in [0.15, 0.2) is 6.10 Å². The number of amides is 1. The molecule has 1 aromatic rings. The van der Waals surface area contributed by atoms with E-state index in [4.69, 9.17) is 22.1 Å². The van der Waals surface area contributed by atoms with Gasteiger partial charge in [-0.05, 0) is 49.9 Å². The molecule has 2 aliphatic heterocycles. The summed E-state index contributed by atoms with van der Waals surface area (Å²) in [5.41, 5.74) is 7.06. The third-order valence-electron chi connectivity index (χ3n) is 4.41. The van der Waals surface area contributed by atoms with Crippen molar-refractivity contribution in [2.24, 2.45) is 5.73 Å². The largest absolute Gasteiger partial charge is 0.480 e. The van der Waals surface area contributed by atoms with Crippen LogP contribution in [0.1, 0.15) is 31.7 Å². The average Bonchev–Trinajstić information content (AvgIpc) is 2.89.